The van der Waals surface area contributed by atoms with Crippen molar-refractivity contribution in [3.63, 3.8) is 0 Å². The van der Waals surface area contributed by atoms with E-state index >= 15 is 0 Å². The molecule has 3 rings (SSSR count). The van der Waals surface area contributed by atoms with E-state index in [4.69, 9.17) is 20.8 Å². The monoisotopic (exact) mass is 273 g/mol. The number of imidazole rings is 1. The second-order valence-electron chi connectivity index (χ2n) is 4.71. The molecule has 0 spiro atoms. The SMILES string of the molecule is N#CB[n+]1cnc2c(ncn2[C@H]2CC[C@@H](CO)O2)c1N. The lowest BCUT2D eigenvalue weighted by Gasteiger charge is -2.12. The maximum atomic E-state index is 9.11. The number of nitrogens with zero attached hydrogens (tertiary/aromatic N) is 5. The smallest absolute Gasteiger partial charge is 0.394 e. The van der Waals surface area contributed by atoms with Crippen molar-refractivity contribution in [3.05, 3.63) is 12.7 Å². The van der Waals surface area contributed by atoms with Crippen molar-refractivity contribution in [2.45, 2.75) is 25.2 Å². The van der Waals surface area contributed by atoms with Crippen LogP contribution in [0.5, 0.6) is 0 Å². The standard InChI is InChI=1S/C11H13BN6O2/c13-4-12-18-6-16-11-9(10(18)14)15-5-17(11)8-2-1-7(3-19)20-8/h5-8,12,14,19H,1-3H2/p+1/t7-,8+/m0/s1. The summed E-state index contributed by atoms with van der Waals surface area (Å²) in [6.45, 7) is 0.0147. The number of hydrogen-bond acceptors (Lipinski definition) is 6. The van der Waals surface area contributed by atoms with Crippen LogP contribution in [0.3, 0.4) is 0 Å². The minimum absolute atomic E-state index is 0.0147. The quantitative estimate of drug-likeness (QED) is 0.668. The van der Waals surface area contributed by atoms with Crippen LogP contribution in [0.2, 0.25) is 0 Å². The highest BCUT2D eigenvalue weighted by atomic mass is 16.5. The molecule has 0 saturated carbocycles. The Balaban J connectivity index is 1.99. The van der Waals surface area contributed by atoms with Gasteiger partial charge in [-0.25, -0.2) is 10.2 Å². The molecule has 8 nitrogen and oxygen atoms in total. The van der Waals surface area contributed by atoms with Crippen molar-refractivity contribution in [3.8, 4) is 5.97 Å². The normalized spacial score (nSPS) is 22.0. The van der Waals surface area contributed by atoms with Crippen molar-refractivity contribution in [1.29, 1.82) is 5.26 Å². The zero-order valence-corrected chi connectivity index (χ0v) is 10.8. The second-order valence-corrected chi connectivity index (χ2v) is 4.71. The summed E-state index contributed by atoms with van der Waals surface area (Å²) in [5, 5.41) is 17.8. The van der Waals surface area contributed by atoms with Crippen LogP contribution in [0, 0.1) is 11.2 Å². The lowest BCUT2D eigenvalue weighted by molar-refractivity contribution is -0.513. The molecule has 102 valence electrons. The third kappa shape index (κ3) is 1.99. The Kier molecular flexibility index (Phi) is 3.26. The number of nitrogen functional groups attached to an aromatic ring is 1. The fourth-order valence-corrected chi connectivity index (χ4v) is 2.42. The van der Waals surface area contributed by atoms with Crippen LogP contribution in [0.15, 0.2) is 12.7 Å². The number of hydrogen-bond donors (Lipinski definition) is 2. The molecule has 2 aromatic heterocycles. The van der Waals surface area contributed by atoms with Crippen molar-refractivity contribution in [2.75, 3.05) is 12.3 Å². The van der Waals surface area contributed by atoms with Gasteiger partial charge in [-0.3, -0.25) is 9.05 Å². The molecule has 0 aromatic carbocycles. The number of fused-ring (bicyclic) bond motifs is 1. The third-order valence-corrected chi connectivity index (χ3v) is 3.48. The van der Waals surface area contributed by atoms with Gasteiger partial charge < -0.3 is 15.6 Å². The molecule has 1 aliphatic heterocycles. The zero-order valence-electron chi connectivity index (χ0n) is 10.8. The molecular formula is C11H14BN6O2+. The van der Waals surface area contributed by atoms with Crippen LogP contribution in [-0.4, -0.2) is 39.8 Å². The molecule has 0 aliphatic carbocycles. The van der Waals surface area contributed by atoms with Gasteiger partial charge in [-0.05, 0) is 12.8 Å². The molecule has 1 saturated heterocycles. The Morgan fingerprint density at radius 2 is 2.45 bits per heavy atom. The summed E-state index contributed by atoms with van der Waals surface area (Å²) in [6.07, 6.45) is 4.44. The Morgan fingerprint density at radius 3 is 3.15 bits per heavy atom. The first-order chi connectivity index (χ1) is 9.74. The van der Waals surface area contributed by atoms with Crippen LogP contribution in [0.1, 0.15) is 19.1 Å². The molecule has 0 unspecified atom stereocenters. The van der Waals surface area contributed by atoms with E-state index in [1.54, 1.807) is 10.8 Å². The number of ether oxygens (including phenoxy) is 1. The number of nitrogens with two attached hydrogens (primary N) is 1. The fourth-order valence-electron chi connectivity index (χ4n) is 2.42. The highest BCUT2D eigenvalue weighted by molar-refractivity contribution is 6.35. The number of anilines is 1. The van der Waals surface area contributed by atoms with E-state index in [2.05, 4.69) is 9.97 Å². The van der Waals surface area contributed by atoms with Gasteiger partial charge in [0.05, 0.1) is 18.7 Å². The predicted octanol–water partition coefficient (Wildman–Crippen LogP) is -1.35. The van der Waals surface area contributed by atoms with Crippen LogP contribution in [-0.2, 0) is 4.74 Å². The first-order valence-electron chi connectivity index (χ1n) is 6.38. The van der Waals surface area contributed by atoms with Gasteiger partial charge in [0, 0.05) is 0 Å². The summed E-state index contributed by atoms with van der Waals surface area (Å²) in [4.78, 5) is 8.57. The molecule has 1 fully saturated rings. The lowest BCUT2D eigenvalue weighted by Crippen LogP contribution is -2.42. The lowest BCUT2D eigenvalue weighted by atomic mass is 9.98. The number of nitriles is 1. The van der Waals surface area contributed by atoms with E-state index in [9.17, 15) is 0 Å². The topological polar surface area (TPSA) is 114 Å². The van der Waals surface area contributed by atoms with Crippen molar-refractivity contribution >= 4 is 24.4 Å². The van der Waals surface area contributed by atoms with Gasteiger partial charge in [0.2, 0.25) is 17.8 Å². The highest BCUT2D eigenvalue weighted by Crippen LogP contribution is 2.30. The minimum Gasteiger partial charge on any atom is -0.394 e. The molecule has 20 heavy (non-hydrogen) atoms. The Bertz CT molecular complexity index is 681. The summed E-state index contributed by atoms with van der Waals surface area (Å²) < 4.78 is 9.08. The third-order valence-electron chi connectivity index (χ3n) is 3.48. The van der Waals surface area contributed by atoms with Gasteiger partial charge in [-0.1, -0.05) is 4.98 Å². The van der Waals surface area contributed by atoms with Crippen LogP contribution in [0.25, 0.3) is 11.2 Å². The molecule has 0 amide bonds. The largest absolute Gasteiger partial charge is 0.441 e. The molecule has 3 heterocycles. The summed E-state index contributed by atoms with van der Waals surface area (Å²) >= 11 is 0. The maximum Gasteiger partial charge on any atom is 0.441 e. The van der Waals surface area contributed by atoms with Crippen molar-refractivity contribution < 1.29 is 14.3 Å². The number of aliphatic hydroxyl groups excluding tert-OH is 1. The van der Waals surface area contributed by atoms with E-state index in [0.717, 1.165) is 12.8 Å². The first-order valence-corrected chi connectivity index (χ1v) is 6.38. The fraction of sp³-hybridized carbons (Fsp3) is 0.455. The average molecular weight is 273 g/mol. The predicted molar refractivity (Wildman–Crippen MR) is 70.5 cm³/mol. The van der Waals surface area contributed by atoms with E-state index in [1.165, 1.54) is 6.33 Å². The Hall–Kier alpha value is -2.18. The van der Waals surface area contributed by atoms with Crippen LogP contribution < -0.4 is 10.2 Å². The summed E-state index contributed by atoms with van der Waals surface area (Å²) in [7, 11) is 0.133. The highest BCUT2D eigenvalue weighted by Gasteiger charge is 2.29. The van der Waals surface area contributed by atoms with Gasteiger partial charge in [0.15, 0.2) is 5.52 Å². The van der Waals surface area contributed by atoms with E-state index in [-0.39, 0.29) is 26.4 Å². The summed E-state index contributed by atoms with van der Waals surface area (Å²) in [5.41, 5.74) is 7.17. The van der Waals surface area contributed by atoms with E-state index < -0.39 is 0 Å². The van der Waals surface area contributed by atoms with Gasteiger partial charge in [-0.2, -0.15) is 0 Å². The number of aromatic nitrogens is 4. The summed E-state index contributed by atoms with van der Waals surface area (Å²) in [6, 6.07) is 0. The van der Waals surface area contributed by atoms with Crippen molar-refractivity contribution in [1.82, 2.24) is 14.5 Å². The van der Waals surface area contributed by atoms with Crippen LogP contribution in [0.4, 0.5) is 5.82 Å². The molecule has 0 radical (unpaired) electrons. The first kappa shape index (κ1) is 12.8. The van der Waals surface area contributed by atoms with Gasteiger partial charge in [0.1, 0.15) is 12.6 Å². The molecule has 2 atom stereocenters. The van der Waals surface area contributed by atoms with Crippen molar-refractivity contribution in [2.24, 2.45) is 0 Å². The molecular weight excluding hydrogens is 259 g/mol. The van der Waals surface area contributed by atoms with Gasteiger partial charge in [0.25, 0.3) is 0 Å². The molecule has 1 aliphatic rings. The number of aliphatic hydroxyl groups is 1. The van der Waals surface area contributed by atoms with Gasteiger partial charge >= 0.3 is 7.41 Å². The zero-order chi connectivity index (χ0) is 14.1. The molecule has 9 heteroatoms. The summed E-state index contributed by atoms with van der Waals surface area (Å²) in [5.74, 6) is 2.43. The maximum absolute atomic E-state index is 9.11. The molecule has 3 N–H and O–H groups in total. The second kappa shape index (κ2) is 5.07. The molecule has 2 aromatic rings. The Labute approximate surface area is 115 Å². The van der Waals surface area contributed by atoms with E-state index in [1.807, 2.05) is 10.5 Å². The Morgan fingerprint density at radius 1 is 1.60 bits per heavy atom. The van der Waals surface area contributed by atoms with Gasteiger partial charge in [-0.15, -0.1) is 0 Å². The molecule has 0 bridgehead atoms. The average Bonchev–Trinajstić information content (AvgIpc) is 3.08. The van der Waals surface area contributed by atoms with E-state index in [0.29, 0.717) is 17.0 Å². The minimum atomic E-state index is -0.184. The number of rotatable bonds is 3. The van der Waals surface area contributed by atoms with Crippen LogP contribution >= 0.6 is 0 Å².